The minimum absolute atomic E-state index is 0.571. The second kappa shape index (κ2) is 5.87. The van der Waals surface area contributed by atoms with E-state index in [1.807, 2.05) is 19.9 Å². The van der Waals surface area contributed by atoms with E-state index < -0.39 is 5.60 Å². The molecule has 0 radical (unpaired) electrons. The highest BCUT2D eigenvalue weighted by Gasteiger charge is 2.32. The van der Waals surface area contributed by atoms with Gasteiger partial charge in [0, 0.05) is 18.3 Å². The number of aromatic nitrogens is 2. The van der Waals surface area contributed by atoms with Crippen LogP contribution in [0.2, 0.25) is 0 Å². The number of hydrogen-bond donors (Lipinski definition) is 2. The van der Waals surface area contributed by atoms with Gasteiger partial charge in [0.15, 0.2) is 0 Å². The van der Waals surface area contributed by atoms with Crippen LogP contribution in [-0.4, -0.2) is 27.2 Å². The number of nitrogens with one attached hydrogen (secondary N) is 1. The number of aryl methyl sites for hydroxylation is 2. The van der Waals surface area contributed by atoms with Crippen molar-refractivity contribution in [2.24, 2.45) is 5.92 Å². The SMILES string of the molecule is CCC1CCC(O)(CNc2cc(C)nc(C)n2)CC1. The van der Waals surface area contributed by atoms with Crippen LogP contribution in [0.15, 0.2) is 6.07 Å². The molecular formula is C15H25N3O. The standard InChI is InChI=1S/C15H25N3O/c1-4-13-5-7-15(19,8-6-13)10-16-14-9-11(2)17-12(3)18-14/h9,13,19H,4-8,10H2,1-3H3,(H,16,17,18). The third-order valence-electron chi connectivity index (χ3n) is 4.18. The van der Waals surface area contributed by atoms with Crippen LogP contribution >= 0.6 is 0 Å². The van der Waals surface area contributed by atoms with Crippen LogP contribution in [0.1, 0.15) is 50.5 Å². The van der Waals surface area contributed by atoms with Gasteiger partial charge in [0.05, 0.1) is 5.60 Å². The van der Waals surface area contributed by atoms with Crippen molar-refractivity contribution >= 4 is 5.82 Å². The van der Waals surface area contributed by atoms with E-state index >= 15 is 0 Å². The van der Waals surface area contributed by atoms with Crippen molar-refractivity contribution in [3.8, 4) is 0 Å². The van der Waals surface area contributed by atoms with Gasteiger partial charge in [0.1, 0.15) is 11.6 Å². The van der Waals surface area contributed by atoms with E-state index in [1.54, 1.807) is 0 Å². The fraction of sp³-hybridized carbons (Fsp3) is 0.733. The Hall–Kier alpha value is -1.16. The Morgan fingerprint density at radius 1 is 1.32 bits per heavy atom. The summed E-state index contributed by atoms with van der Waals surface area (Å²) in [5.41, 5.74) is 0.384. The molecule has 1 aromatic heterocycles. The summed E-state index contributed by atoms with van der Waals surface area (Å²) in [4.78, 5) is 8.60. The Morgan fingerprint density at radius 3 is 2.58 bits per heavy atom. The summed E-state index contributed by atoms with van der Waals surface area (Å²) in [6, 6.07) is 1.92. The first-order valence-electron chi connectivity index (χ1n) is 7.29. The summed E-state index contributed by atoms with van der Waals surface area (Å²) in [5.74, 6) is 2.38. The lowest BCUT2D eigenvalue weighted by atomic mass is 9.78. The Bertz CT molecular complexity index is 405. The maximum atomic E-state index is 10.6. The highest BCUT2D eigenvalue weighted by Crippen LogP contribution is 2.33. The lowest BCUT2D eigenvalue weighted by Crippen LogP contribution is -2.40. The molecule has 0 saturated heterocycles. The summed E-state index contributed by atoms with van der Waals surface area (Å²) in [5, 5.41) is 13.8. The predicted molar refractivity (Wildman–Crippen MR) is 77.2 cm³/mol. The van der Waals surface area contributed by atoms with E-state index in [2.05, 4.69) is 22.2 Å². The quantitative estimate of drug-likeness (QED) is 0.877. The Morgan fingerprint density at radius 2 is 2.00 bits per heavy atom. The van der Waals surface area contributed by atoms with E-state index in [-0.39, 0.29) is 0 Å². The molecule has 1 aromatic rings. The summed E-state index contributed by atoms with van der Waals surface area (Å²) in [7, 11) is 0. The maximum absolute atomic E-state index is 10.6. The summed E-state index contributed by atoms with van der Waals surface area (Å²) in [6.45, 7) is 6.67. The first kappa shape index (κ1) is 14.3. The van der Waals surface area contributed by atoms with E-state index in [0.29, 0.717) is 6.54 Å². The van der Waals surface area contributed by atoms with Crippen molar-refractivity contribution in [3.63, 3.8) is 0 Å². The monoisotopic (exact) mass is 263 g/mol. The molecule has 0 amide bonds. The van der Waals surface area contributed by atoms with Crippen molar-refractivity contribution in [1.29, 1.82) is 0 Å². The third-order valence-corrected chi connectivity index (χ3v) is 4.18. The van der Waals surface area contributed by atoms with Crippen LogP contribution < -0.4 is 5.32 Å². The molecular weight excluding hydrogens is 238 g/mol. The van der Waals surface area contributed by atoms with Gasteiger partial charge in [-0.25, -0.2) is 9.97 Å². The van der Waals surface area contributed by atoms with Crippen LogP contribution in [0.4, 0.5) is 5.82 Å². The Kier molecular flexibility index (Phi) is 4.40. The number of anilines is 1. The normalized spacial score (nSPS) is 27.3. The van der Waals surface area contributed by atoms with Crippen molar-refractivity contribution in [1.82, 2.24) is 9.97 Å². The highest BCUT2D eigenvalue weighted by molar-refractivity contribution is 5.36. The summed E-state index contributed by atoms with van der Waals surface area (Å²) >= 11 is 0. The molecule has 106 valence electrons. The van der Waals surface area contributed by atoms with Gasteiger partial charge in [-0.15, -0.1) is 0 Å². The fourth-order valence-electron chi connectivity index (χ4n) is 2.86. The Labute approximate surface area is 115 Å². The molecule has 19 heavy (non-hydrogen) atoms. The molecule has 1 aliphatic carbocycles. The highest BCUT2D eigenvalue weighted by atomic mass is 16.3. The first-order valence-corrected chi connectivity index (χ1v) is 7.29. The zero-order chi connectivity index (χ0) is 13.9. The molecule has 0 aromatic carbocycles. The molecule has 1 heterocycles. The lowest BCUT2D eigenvalue weighted by molar-refractivity contribution is 0.00222. The van der Waals surface area contributed by atoms with Crippen LogP contribution in [0.25, 0.3) is 0 Å². The van der Waals surface area contributed by atoms with Crippen molar-refractivity contribution < 1.29 is 5.11 Å². The number of aliphatic hydroxyl groups is 1. The summed E-state index contributed by atoms with van der Waals surface area (Å²) < 4.78 is 0. The molecule has 0 aliphatic heterocycles. The molecule has 4 heteroatoms. The van der Waals surface area contributed by atoms with Gasteiger partial charge in [-0.3, -0.25) is 0 Å². The number of nitrogens with zero attached hydrogens (tertiary/aromatic N) is 2. The van der Waals surface area contributed by atoms with Gasteiger partial charge < -0.3 is 10.4 Å². The largest absolute Gasteiger partial charge is 0.388 e. The van der Waals surface area contributed by atoms with Crippen LogP contribution in [0, 0.1) is 19.8 Å². The maximum Gasteiger partial charge on any atom is 0.130 e. The zero-order valence-corrected chi connectivity index (χ0v) is 12.2. The van der Waals surface area contributed by atoms with Crippen molar-refractivity contribution in [3.05, 3.63) is 17.6 Å². The second-order valence-corrected chi connectivity index (χ2v) is 5.87. The second-order valence-electron chi connectivity index (χ2n) is 5.87. The zero-order valence-electron chi connectivity index (χ0n) is 12.2. The smallest absolute Gasteiger partial charge is 0.130 e. The predicted octanol–water partition coefficient (Wildman–Crippen LogP) is 2.84. The topological polar surface area (TPSA) is 58.0 Å². The van der Waals surface area contributed by atoms with Gasteiger partial charge in [0.2, 0.25) is 0 Å². The Balaban J connectivity index is 1.91. The molecule has 2 rings (SSSR count). The number of rotatable bonds is 4. The average molecular weight is 263 g/mol. The van der Waals surface area contributed by atoms with Crippen molar-refractivity contribution in [2.45, 2.75) is 58.5 Å². The average Bonchev–Trinajstić information content (AvgIpc) is 2.37. The van der Waals surface area contributed by atoms with Crippen LogP contribution in [0.3, 0.4) is 0 Å². The lowest BCUT2D eigenvalue weighted by Gasteiger charge is -2.36. The van der Waals surface area contributed by atoms with Gasteiger partial charge >= 0.3 is 0 Å². The fourth-order valence-corrected chi connectivity index (χ4v) is 2.86. The van der Waals surface area contributed by atoms with Gasteiger partial charge in [0.25, 0.3) is 0 Å². The first-order chi connectivity index (χ1) is 9.00. The molecule has 0 atom stereocenters. The van der Waals surface area contributed by atoms with Crippen molar-refractivity contribution in [2.75, 3.05) is 11.9 Å². The van der Waals surface area contributed by atoms with Gasteiger partial charge in [-0.05, 0) is 45.4 Å². The molecule has 1 saturated carbocycles. The third kappa shape index (κ3) is 3.90. The molecule has 1 fully saturated rings. The molecule has 0 spiro atoms. The molecule has 1 aliphatic rings. The van der Waals surface area contributed by atoms with E-state index in [0.717, 1.165) is 48.9 Å². The van der Waals surface area contributed by atoms with Crippen LogP contribution in [0.5, 0.6) is 0 Å². The van der Waals surface area contributed by atoms with E-state index in [1.165, 1.54) is 6.42 Å². The minimum atomic E-state index is -0.571. The van der Waals surface area contributed by atoms with E-state index in [9.17, 15) is 5.11 Å². The summed E-state index contributed by atoms with van der Waals surface area (Å²) in [6.07, 6.45) is 5.28. The van der Waals surface area contributed by atoms with Gasteiger partial charge in [-0.2, -0.15) is 0 Å². The molecule has 0 bridgehead atoms. The number of hydrogen-bond acceptors (Lipinski definition) is 4. The van der Waals surface area contributed by atoms with Crippen LogP contribution in [-0.2, 0) is 0 Å². The molecule has 2 N–H and O–H groups in total. The van der Waals surface area contributed by atoms with E-state index in [4.69, 9.17) is 0 Å². The van der Waals surface area contributed by atoms with Gasteiger partial charge in [-0.1, -0.05) is 13.3 Å². The molecule has 0 unspecified atom stereocenters. The molecule has 4 nitrogen and oxygen atoms in total. The minimum Gasteiger partial charge on any atom is -0.388 e.